The first kappa shape index (κ1) is 15.9. The number of amides is 2. The molecule has 1 N–H and O–H groups in total. The van der Waals surface area contributed by atoms with Gasteiger partial charge < -0.3 is 15.1 Å². The van der Waals surface area contributed by atoms with Crippen molar-refractivity contribution in [3.8, 4) is 0 Å². The first-order chi connectivity index (χ1) is 11.8. The second-order valence-corrected chi connectivity index (χ2v) is 7.78. The molecule has 2 saturated heterocycles. The van der Waals surface area contributed by atoms with Gasteiger partial charge in [0.05, 0.1) is 0 Å². The van der Waals surface area contributed by atoms with E-state index in [1.807, 2.05) is 4.90 Å². The van der Waals surface area contributed by atoms with E-state index < -0.39 is 0 Å². The van der Waals surface area contributed by atoms with Gasteiger partial charge in [0.25, 0.3) is 0 Å². The van der Waals surface area contributed by atoms with Crippen molar-refractivity contribution in [2.45, 2.75) is 50.6 Å². The highest BCUT2D eigenvalue weighted by atomic mass is 16.2. The summed E-state index contributed by atoms with van der Waals surface area (Å²) in [6.45, 7) is 4.13. The van der Waals surface area contributed by atoms with E-state index in [0.717, 1.165) is 57.9 Å². The molecular weight excluding hydrogens is 298 g/mol. The van der Waals surface area contributed by atoms with Crippen LogP contribution in [0.1, 0.15) is 37.7 Å². The zero-order valence-electron chi connectivity index (χ0n) is 14.5. The van der Waals surface area contributed by atoms with Gasteiger partial charge in [-0.1, -0.05) is 30.3 Å². The van der Waals surface area contributed by atoms with Crippen molar-refractivity contribution >= 4 is 6.03 Å². The van der Waals surface area contributed by atoms with E-state index in [-0.39, 0.29) is 6.03 Å². The number of hydrogen-bond acceptors (Lipinski definition) is 2. The van der Waals surface area contributed by atoms with Crippen LogP contribution in [0.15, 0.2) is 30.3 Å². The second-order valence-electron chi connectivity index (χ2n) is 7.78. The minimum atomic E-state index is 0.162. The smallest absolute Gasteiger partial charge is 0.317 e. The predicted octanol–water partition coefficient (Wildman–Crippen LogP) is 2.89. The van der Waals surface area contributed by atoms with Crippen LogP contribution in [0.5, 0.6) is 0 Å². The number of carbonyl (C=O) groups excluding carboxylic acids is 1. The molecule has 3 aliphatic rings. The number of nitrogens with zero attached hydrogens (tertiary/aromatic N) is 2. The maximum absolute atomic E-state index is 12.5. The van der Waals surface area contributed by atoms with Crippen molar-refractivity contribution in [2.75, 3.05) is 26.2 Å². The van der Waals surface area contributed by atoms with Gasteiger partial charge in [-0.2, -0.15) is 0 Å². The SMILES string of the molecule is O=C(NC1CCN(C2CC2)CC1)N1CCC(Cc2ccccc2)C1. The lowest BCUT2D eigenvalue weighted by atomic mass is 9.99. The van der Waals surface area contributed by atoms with Crippen LogP contribution in [-0.4, -0.2) is 54.1 Å². The van der Waals surface area contributed by atoms with Crippen LogP contribution in [0.3, 0.4) is 0 Å². The summed E-state index contributed by atoms with van der Waals surface area (Å²) >= 11 is 0. The molecule has 4 rings (SSSR count). The number of urea groups is 1. The van der Waals surface area contributed by atoms with E-state index >= 15 is 0 Å². The topological polar surface area (TPSA) is 35.6 Å². The third-order valence-electron chi connectivity index (χ3n) is 5.86. The molecule has 24 heavy (non-hydrogen) atoms. The quantitative estimate of drug-likeness (QED) is 0.923. The lowest BCUT2D eigenvalue weighted by Gasteiger charge is -2.33. The fraction of sp³-hybridized carbons (Fsp3) is 0.650. The largest absolute Gasteiger partial charge is 0.335 e. The summed E-state index contributed by atoms with van der Waals surface area (Å²) in [5.74, 6) is 0.606. The standard InChI is InChI=1S/C20H29N3O/c24-20(21-18-9-12-22(13-10-18)19-6-7-19)23-11-8-17(15-23)14-16-4-2-1-3-5-16/h1-5,17-19H,6-15H2,(H,21,24). The fourth-order valence-electron chi connectivity index (χ4n) is 4.25. The minimum Gasteiger partial charge on any atom is -0.335 e. The zero-order valence-corrected chi connectivity index (χ0v) is 14.5. The molecule has 0 bridgehead atoms. The summed E-state index contributed by atoms with van der Waals surface area (Å²) < 4.78 is 0. The molecule has 1 unspecified atom stereocenters. The molecule has 3 fully saturated rings. The Kier molecular flexibility index (Phi) is 4.74. The molecule has 1 atom stereocenters. The Balaban J connectivity index is 1.21. The van der Waals surface area contributed by atoms with E-state index in [1.165, 1.54) is 18.4 Å². The first-order valence-corrected chi connectivity index (χ1v) is 9.61. The molecular formula is C20H29N3O. The van der Waals surface area contributed by atoms with E-state index in [0.29, 0.717) is 12.0 Å². The fourth-order valence-corrected chi connectivity index (χ4v) is 4.25. The molecule has 0 radical (unpaired) electrons. The van der Waals surface area contributed by atoms with Crippen LogP contribution in [0.2, 0.25) is 0 Å². The Bertz CT molecular complexity index is 549. The number of nitrogens with one attached hydrogen (secondary N) is 1. The molecule has 130 valence electrons. The van der Waals surface area contributed by atoms with Gasteiger partial charge in [-0.25, -0.2) is 4.79 Å². The Morgan fingerprint density at radius 1 is 1.00 bits per heavy atom. The molecule has 0 spiro atoms. The number of rotatable bonds is 4. The number of carbonyl (C=O) groups is 1. The summed E-state index contributed by atoms with van der Waals surface area (Å²) in [7, 11) is 0. The summed E-state index contributed by atoms with van der Waals surface area (Å²) in [6, 6.07) is 12.0. The van der Waals surface area contributed by atoms with E-state index in [4.69, 9.17) is 0 Å². The van der Waals surface area contributed by atoms with Crippen LogP contribution in [0.4, 0.5) is 4.79 Å². The number of benzene rings is 1. The van der Waals surface area contributed by atoms with Crippen molar-refractivity contribution in [3.05, 3.63) is 35.9 Å². The second kappa shape index (κ2) is 7.14. The monoisotopic (exact) mass is 327 g/mol. The maximum Gasteiger partial charge on any atom is 0.317 e. The molecule has 1 saturated carbocycles. The van der Waals surface area contributed by atoms with Gasteiger partial charge in [0.1, 0.15) is 0 Å². The van der Waals surface area contributed by atoms with Gasteiger partial charge in [-0.15, -0.1) is 0 Å². The van der Waals surface area contributed by atoms with E-state index in [9.17, 15) is 4.79 Å². The summed E-state index contributed by atoms with van der Waals surface area (Å²) in [6.07, 6.45) is 7.21. The summed E-state index contributed by atoms with van der Waals surface area (Å²) in [5.41, 5.74) is 1.39. The van der Waals surface area contributed by atoms with Gasteiger partial charge in [-0.05, 0) is 50.0 Å². The Morgan fingerprint density at radius 2 is 1.75 bits per heavy atom. The van der Waals surface area contributed by atoms with Crippen LogP contribution in [0.25, 0.3) is 0 Å². The van der Waals surface area contributed by atoms with Gasteiger partial charge in [0.15, 0.2) is 0 Å². The van der Waals surface area contributed by atoms with Gasteiger partial charge in [0.2, 0.25) is 0 Å². The Morgan fingerprint density at radius 3 is 2.46 bits per heavy atom. The van der Waals surface area contributed by atoms with E-state index in [1.54, 1.807) is 0 Å². The van der Waals surface area contributed by atoms with Gasteiger partial charge in [0, 0.05) is 38.3 Å². The summed E-state index contributed by atoms with van der Waals surface area (Å²) in [5, 5.41) is 3.29. The summed E-state index contributed by atoms with van der Waals surface area (Å²) in [4.78, 5) is 17.2. The molecule has 4 heteroatoms. The predicted molar refractivity (Wildman–Crippen MR) is 96.0 cm³/mol. The Hall–Kier alpha value is -1.55. The lowest BCUT2D eigenvalue weighted by molar-refractivity contribution is 0.173. The average molecular weight is 327 g/mol. The molecule has 2 amide bonds. The van der Waals surface area contributed by atoms with Crippen molar-refractivity contribution < 1.29 is 4.79 Å². The third kappa shape index (κ3) is 3.92. The third-order valence-corrected chi connectivity index (χ3v) is 5.86. The first-order valence-electron chi connectivity index (χ1n) is 9.61. The maximum atomic E-state index is 12.5. The highest BCUT2D eigenvalue weighted by molar-refractivity contribution is 5.74. The molecule has 2 heterocycles. The molecule has 1 aromatic carbocycles. The number of piperidine rings is 1. The van der Waals surface area contributed by atoms with Crippen LogP contribution in [-0.2, 0) is 6.42 Å². The molecule has 1 aromatic rings. The minimum absolute atomic E-state index is 0.162. The normalized spacial score (nSPS) is 25.8. The number of likely N-dealkylation sites (tertiary alicyclic amines) is 2. The van der Waals surface area contributed by atoms with Crippen LogP contribution >= 0.6 is 0 Å². The van der Waals surface area contributed by atoms with Crippen molar-refractivity contribution in [3.63, 3.8) is 0 Å². The lowest BCUT2D eigenvalue weighted by Crippen LogP contribution is -2.49. The van der Waals surface area contributed by atoms with Gasteiger partial charge >= 0.3 is 6.03 Å². The number of hydrogen-bond donors (Lipinski definition) is 1. The van der Waals surface area contributed by atoms with Gasteiger partial charge in [-0.3, -0.25) is 0 Å². The Labute approximate surface area is 145 Å². The van der Waals surface area contributed by atoms with Crippen molar-refractivity contribution in [1.29, 1.82) is 0 Å². The highest BCUT2D eigenvalue weighted by Gasteiger charge is 2.33. The molecule has 0 aromatic heterocycles. The van der Waals surface area contributed by atoms with Crippen LogP contribution in [0, 0.1) is 5.92 Å². The average Bonchev–Trinajstić information content (AvgIpc) is 3.36. The highest BCUT2D eigenvalue weighted by Crippen LogP contribution is 2.29. The zero-order chi connectivity index (χ0) is 16.4. The van der Waals surface area contributed by atoms with Crippen molar-refractivity contribution in [1.82, 2.24) is 15.1 Å². The molecule has 4 nitrogen and oxygen atoms in total. The van der Waals surface area contributed by atoms with Crippen molar-refractivity contribution in [2.24, 2.45) is 5.92 Å². The van der Waals surface area contributed by atoms with E-state index in [2.05, 4.69) is 40.5 Å². The van der Waals surface area contributed by atoms with Crippen LogP contribution < -0.4 is 5.32 Å². The molecule has 2 aliphatic heterocycles. The molecule has 1 aliphatic carbocycles.